The molecule has 0 aliphatic heterocycles. The number of hydrogen-bond donors (Lipinski definition) is 2. The first-order valence-corrected chi connectivity index (χ1v) is 8.58. The lowest BCUT2D eigenvalue weighted by molar-refractivity contribution is -0.718. The van der Waals surface area contributed by atoms with Crippen molar-refractivity contribution in [3.8, 4) is 0 Å². The number of hydrogen-bond acceptors (Lipinski definition) is 1. The van der Waals surface area contributed by atoms with Gasteiger partial charge in [0.25, 0.3) is 0 Å². The lowest BCUT2D eigenvalue weighted by Crippen LogP contribution is -2.92. The monoisotopic (exact) mass is 321 g/mol. The minimum Gasteiger partial charge on any atom is -0.360 e. The molecule has 0 aliphatic carbocycles. The third-order valence-electron chi connectivity index (χ3n) is 4.67. The Morgan fingerprint density at radius 1 is 0.958 bits per heavy atom. The molecule has 0 bridgehead atoms. The van der Waals surface area contributed by atoms with Gasteiger partial charge < -0.3 is 10.3 Å². The summed E-state index contributed by atoms with van der Waals surface area (Å²) in [6.45, 7) is 6.41. The molecule has 3 rings (SSSR count). The number of carbonyl (C=O) groups excluding carboxylic acids is 1. The standard InChI is InChI=1S/C21H24N2O/c1-14(2)20(16-9-5-4-6-10-16)23-15(3)21(24)18-13-22-19-12-8-7-11-17(18)19/h4-15,20,22-23H,1-3H3/p+1/t15-,20+/m1/s1. The van der Waals surface area contributed by atoms with Crippen molar-refractivity contribution < 1.29 is 10.1 Å². The summed E-state index contributed by atoms with van der Waals surface area (Å²) in [5.74, 6) is 0.625. The number of rotatable bonds is 6. The third kappa shape index (κ3) is 3.26. The molecule has 0 unspecified atom stereocenters. The maximum Gasteiger partial charge on any atom is 0.221 e. The molecule has 0 fully saturated rings. The van der Waals surface area contributed by atoms with E-state index in [-0.39, 0.29) is 17.9 Å². The number of ketones is 1. The minimum atomic E-state index is -0.128. The van der Waals surface area contributed by atoms with Crippen molar-refractivity contribution in [1.82, 2.24) is 4.98 Å². The molecule has 3 nitrogen and oxygen atoms in total. The highest BCUT2D eigenvalue weighted by atomic mass is 16.1. The van der Waals surface area contributed by atoms with E-state index in [9.17, 15) is 4.79 Å². The second-order valence-corrected chi connectivity index (χ2v) is 6.77. The molecular weight excluding hydrogens is 296 g/mol. The average Bonchev–Trinajstić information content (AvgIpc) is 3.03. The predicted molar refractivity (Wildman–Crippen MR) is 98.0 cm³/mol. The van der Waals surface area contributed by atoms with E-state index in [2.05, 4.69) is 48.4 Å². The molecule has 1 aromatic heterocycles. The van der Waals surface area contributed by atoms with Crippen LogP contribution in [-0.4, -0.2) is 16.8 Å². The highest BCUT2D eigenvalue weighted by molar-refractivity contribution is 6.09. The van der Waals surface area contributed by atoms with E-state index in [1.807, 2.05) is 43.5 Å². The van der Waals surface area contributed by atoms with Crippen LogP contribution in [0.15, 0.2) is 60.8 Å². The second-order valence-electron chi connectivity index (χ2n) is 6.77. The summed E-state index contributed by atoms with van der Waals surface area (Å²) in [6, 6.07) is 18.5. The van der Waals surface area contributed by atoms with Crippen LogP contribution in [0.4, 0.5) is 0 Å². The Bertz CT molecular complexity index is 820. The van der Waals surface area contributed by atoms with Crippen molar-refractivity contribution >= 4 is 16.7 Å². The number of benzene rings is 2. The van der Waals surface area contributed by atoms with Crippen LogP contribution in [-0.2, 0) is 0 Å². The normalized spacial score (nSPS) is 14.0. The SMILES string of the molecule is CC(C)[C@H]([NH2+][C@H](C)C(=O)c1c[nH]c2ccccc12)c1ccccc1. The molecule has 3 aromatic rings. The number of carbonyl (C=O) groups is 1. The van der Waals surface area contributed by atoms with E-state index in [0.717, 1.165) is 16.5 Å². The van der Waals surface area contributed by atoms with Gasteiger partial charge in [-0.15, -0.1) is 0 Å². The van der Waals surface area contributed by atoms with E-state index < -0.39 is 0 Å². The van der Waals surface area contributed by atoms with Gasteiger partial charge in [0.2, 0.25) is 5.78 Å². The van der Waals surface area contributed by atoms with Crippen LogP contribution in [0, 0.1) is 5.92 Å². The Morgan fingerprint density at radius 2 is 1.62 bits per heavy atom. The van der Waals surface area contributed by atoms with Gasteiger partial charge in [0.05, 0.1) is 0 Å². The Kier molecular flexibility index (Phi) is 4.81. The quantitative estimate of drug-likeness (QED) is 0.668. The number of fused-ring (bicyclic) bond motifs is 1. The van der Waals surface area contributed by atoms with Crippen molar-refractivity contribution in [2.24, 2.45) is 5.92 Å². The molecule has 0 radical (unpaired) electrons. The van der Waals surface area contributed by atoms with E-state index in [1.165, 1.54) is 5.56 Å². The van der Waals surface area contributed by atoms with Gasteiger partial charge in [0, 0.05) is 34.1 Å². The van der Waals surface area contributed by atoms with Gasteiger partial charge >= 0.3 is 0 Å². The van der Waals surface area contributed by atoms with Crippen LogP contribution < -0.4 is 5.32 Å². The molecular formula is C21H25N2O+. The third-order valence-corrected chi connectivity index (χ3v) is 4.67. The van der Waals surface area contributed by atoms with Gasteiger partial charge in [-0.1, -0.05) is 62.4 Å². The lowest BCUT2D eigenvalue weighted by Gasteiger charge is -2.23. The van der Waals surface area contributed by atoms with Crippen molar-refractivity contribution in [3.05, 3.63) is 71.9 Å². The van der Waals surface area contributed by atoms with Gasteiger partial charge in [-0.05, 0) is 13.0 Å². The Morgan fingerprint density at radius 3 is 2.33 bits per heavy atom. The molecule has 0 spiro atoms. The molecule has 3 N–H and O–H groups in total. The molecule has 2 atom stereocenters. The molecule has 24 heavy (non-hydrogen) atoms. The molecule has 124 valence electrons. The fraction of sp³-hybridized carbons (Fsp3) is 0.286. The molecule has 3 heteroatoms. The zero-order valence-corrected chi connectivity index (χ0v) is 14.5. The van der Waals surface area contributed by atoms with E-state index in [1.54, 1.807) is 0 Å². The summed E-state index contributed by atoms with van der Waals surface area (Å²) in [4.78, 5) is 16.2. The van der Waals surface area contributed by atoms with Crippen LogP contribution in [0.25, 0.3) is 10.9 Å². The number of nitrogens with one attached hydrogen (secondary N) is 1. The highest BCUT2D eigenvalue weighted by Gasteiger charge is 2.27. The maximum absolute atomic E-state index is 13.0. The van der Waals surface area contributed by atoms with Crippen LogP contribution in [0.5, 0.6) is 0 Å². The van der Waals surface area contributed by atoms with E-state index in [4.69, 9.17) is 0 Å². The zero-order chi connectivity index (χ0) is 17.1. The number of aromatic amines is 1. The molecule has 1 heterocycles. The van der Waals surface area contributed by atoms with Crippen LogP contribution >= 0.6 is 0 Å². The van der Waals surface area contributed by atoms with Crippen molar-refractivity contribution in [3.63, 3.8) is 0 Å². The largest absolute Gasteiger partial charge is 0.360 e. The van der Waals surface area contributed by atoms with Crippen molar-refractivity contribution in [2.45, 2.75) is 32.9 Å². The van der Waals surface area contributed by atoms with Gasteiger partial charge in [-0.3, -0.25) is 4.79 Å². The topological polar surface area (TPSA) is 49.5 Å². The predicted octanol–water partition coefficient (Wildman–Crippen LogP) is 3.70. The molecule has 2 aromatic carbocycles. The Labute approximate surface area is 143 Å². The van der Waals surface area contributed by atoms with Crippen LogP contribution in [0.1, 0.15) is 42.7 Å². The summed E-state index contributed by atoms with van der Waals surface area (Å²) in [5, 5.41) is 3.20. The summed E-state index contributed by atoms with van der Waals surface area (Å²) in [5.41, 5.74) is 3.06. The summed E-state index contributed by atoms with van der Waals surface area (Å²) < 4.78 is 0. The van der Waals surface area contributed by atoms with Crippen molar-refractivity contribution in [1.29, 1.82) is 0 Å². The number of H-pyrrole nitrogens is 1. The molecule has 0 saturated heterocycles. The first kappa shape index (κ1) is 16.5. The van der Waals surface area contributed by atoms with Gasteiger partial charge in [-0.2, -0.15) is 0 Å². The number of para-hydroxylation sites is 1. The first-order valence-electron chi connectivity index (χ1n) is 8.58. The fourth-order valence-electron chi connectivity index (χ4n) is 3.31. The smallest absolute Gasteiger partial charge is 0.221 e. The Hall–Kier alpha value is -2.39. The zero-order valence-electron chi connectivity index (χ0n) is 14.5. The number of nitrogens with two attached hydrogens (primary N) is 1. The molecule has 0 aliphatic rings. The first-order chi connectivity index (χ1) is 11.6. The number of aromatic nitrogens is 1. The summed E-state index contributed by atoms with van der Waals surface area (Å²) in [6.07, 6.45) is 1.84. The van der Waals surface area contributed by atoms with Crippen LogP contribution in [0.2, 0.25) is 0 Å². The lowest BCUT2D eigenvalue weighted by atomic mass is 9.94. The highest BCUT2D eigenvalue weighted by Crippen LogP contribution is 2.20. The van der Waals surface area contributed by atoms with E-state index >= 15 is 0 Å². The van der Waals surface area contributed by atoms with Crippen molar-refractivity contribution in [2.75, 3.05) is 0 Å². The summed E-state index contributed by atoms with van der Waals surface area (Å²) >= 11 is 0. The molecule has 0 saturated carbocycles. The maximum atomic E-state index is 13.0. The van der Waals surface area contributed by atoms with Gasteiger partial charge in [-0.25, -0.2) is 0 Å². The van der Waals surface area contributed by atoms with Crippen LogP contribution in [0.3, 0.4) is 0 Å². The number of Topliss-reactive ketones (excluding diaryl/α,β-unsaturated/α-hetero) is 1. The van der Waals surface area contributed by atoms with Gasteiger partial charge in [0.1, 0.15) is 12.1 Å². The Balaban J connectivity index is 1.82. The average molecular weight is 321 g/mol. The second kappa shape index (κ2) is 7.02. The number of quaternary nitrogens is 1. The van der Waals surface area contributed by atoms with Gasteiger partial charge in [0.15, 0.2) is 0 Å². The summed E-state index contributed by atoms with van der Waals surface area (Å²) in [7, 11) is 0. The fourth-order valence-corrected chi connectivity index (χ4v) is 3.31. The van der Waals surface area contributed by atoms with E-state index in [0.29, 0.717) is 5.92 Å². The minimum absolute atomic E-state index is 0.128. The molecule has 0 amide bonds.